The number of hydrogen-bond acceptors (Lipinski definition) is 2. The average Bonchev–Trinajstić information content (AvgIpc) is 3.16. The van der Waals surface area contributed by atoms with Crippen LogP contribution in [0.1, 0.15) is 50.8 Å². The molecule has 1 N–H and O–H groups in total. The Kier molecular flexibility index (Phi) is 5.10. The lowest BCUT2D eigenvalue weighted by atomic mass is 9.73. The number of nitrogens with zero attached hydrogens (tertiary/aromatic N) is 2. The summed E-state index contributed by atoms with van der Waals surface area (Å²) in [6.07, 6.45) is 5.33. The fraction of sp³-hybridized carbons (Fsp3) is 0.417. The van der Waals surface area contributed by atoms with Crippen LogP contribution in [0.15, 0.2) is 35.3 Å². The van der Waals surface area contributed by atoms with Crippen LogP contribution in [0.25, 0.3) is 16.6 Å². The molecule has 0 saturated heterocycles. The van der Waals surface area contributed by atoms with Gasteiger partial charge in [-0.3, -0.25) is 4.99 Å². The molecule has 3 aromatic rings. The number of aromatic amines is 1. The minimum atomic E-state index is -0.430. The van der Waals surface area contributed by atoms with Gasteiger partial charge in [-0.25, -0.2) is 13.8 Å². The van der Waals surface area contributed by atoms with Crippen molar-refractivity contribution in [3.63, 3.8) is 0 Å². The largest absolute Gasteiger partial charge is 0.342 e. The number of benzene rings is 2. The van der Waals surface area contributed by atoms with E-state index in [1.54, 1.807) is 18.2 Å². The third-order valence-electron chi connectivity index (χ3n) is 6.91. The molecule has 0 spiro atoms. The molecule has 1 aliphatic carbocycles. The van der Waals surface area contributed by atoms with Crippen molar-refractivity contribution in [1.82, 2.24) is 9.97 Å². The van der Waals surface area contributed by atoms with E-state index >= 15 is 0 Å². The molecule has 1 aromatic heterocycles. The Hall–Kier alpha value is -2.27. The summed E-state index contributed by atoms with van der Waals surface area (Å²) in [6, 6.07) is 7.95. The van der Waals surface area contributed by atoms with Crippen molar-refractivity contribution in [2.24, 2.45) is 16.8 Å². The van der Waals surface area contributed by atoms with Crippen LogP contribution in [0.4, 0.5) is 8.78 Å². The van der Waals surface area contributed by atoms with Gasteiger partial charge in [-0.05, 0) is 68.2 Å². The van der Waals surface area contributed by atoms with Gasteiger partial charge in [0, 0.05) is 23.7 Å². The molecule has 1 aliphatic heterocycles. The van der Waals surface area contributed by atoms with Crippen molar-refractivity contribution in [1.29, 1.82) is 0 Å². The van der Waals surface area contributed by atoms with Crippen molar-refractivity contribution in [3.8, 4) is 0 Å². The first-order valence-corrected chi connectivity index (χ1v) is 11.0. The van der Waals surface area contributed by atoms with E-state index in [0.29, 0.717) is 22.9 Å². The highest BCUT2D eigenvalue weighted by Gasteiger charge is 2.30. The smallest absolute Gasteiger partial charge is 0.144 e. The average molecular weight is 428 g/mol. The van der Waals surface area contributed by atoms with Gasteiger partial charge in [0.1, 0.15) is 17.5 Å². The fourth-order valence-corrected chi connectivity index (χ4v) is 5.35. The third-order valence-corrected chi connectivity index (χ3v) is 7.20. The maximum absolute atomic E-state index is 13.8. The van der Waals surface area contributed by atoms with E-state index < -0.39 is 5.82 Å². The molecule has 0 radical (unpaired) electrons. The zero-order valence-corrected chi connectivity index (χ0v) is 17.6. The molecule has 0 amide bonds. The maximum Gasteiger partial charge on any atom is 0.144 e. The minimum Gasteiger partial charge on any atom is -0.342 e. The molecule has 0 bridgehead atoms. The van der Waals surface area contributed by atoms with Gasteiger partial charge >= 0.3 is 0 Å². The second-order valence-corrected chi connectivity index (χ2v) is 9.03. The third kappa shape index (κ3) is 3.53. The quantitative estimate of drug-likeness (QED) is 0.607. The van der Waals surface area contributed by atoms with E-state index in [1.807, 2.05) is 0 Å². The summed E-state index contributed by atoms with van der Waals surface area (Å²) in [4.78, 5) is 12.5. The molecule has 156 valence electrons. The maximum atomic E-state index is 13.8. The molecule has 3 nitrogen and oxygen atoms in total. The van der Waals surface area contributed by atoms with Crippen molar-refractivity contribution >= 4 is 28.2 Å². The van der Waals surface area contributed by atoms with Crippen molar-refractivity contribution in [3.05, 3.63) is 63.4 Å². The number of aromatic nitrogens is 2. The lowest BCUT2D eigenvalue weighted by Crippen LogP contribution is -2.34. The number of fused-ring (bicyclic) bond motifs is 2. The van der Waals surface area contributed by atoms with Gasteiger partial charge in [0.25, 0.3) is 0 Å². The molecule has 2 aliphatic rings. The molecular weight excluding hydrogens is 404 g/mol. The topological polar surface area (TPSA) is 41.0 Å². The molecule has 5 rings (SSSR count). The van der Waals surface area contributed by atoms with Crippen LogP contribution in [0.5, 0.6) is 0 Å². The lowest BCUT2D eigenvalue weighted by Gasteiger charge is -2.33. The molecule has 30 heavy (non-hydrogen) atoms. The van der Waals surface area contributed by atoms with E-state index in [1.165, 1.54) is 17.7 Å². The number of nitrogens with one attached hydrogen (secondary N) is 1. The highest BCUT2D eigenvalue weighted by Crippen LogP contribution is 2.41. The highest BCUT2D eigenvalue weighted by atomic mass is 35.5. The van der Waals surface area contributed by atoms with Crippen LogP contribution >= 0.6 is 11.6 Å². The molecule has 1 saturated carbocycles. The summed E-state index contributed by atoms with van der Waals surface area (Å²) < 4.78 is 27.6. The number of imidazole rings is 1. The Morgan fingerprint density at radius 3 is 2.70 bits per heavy atom. The summed E-state index contributed by atoms with van der Waals surface area (Å²) >= 11 is 5.90. The van der Waals surface area contributed by atoms with Gasteiger partial charge in [0.2, 0.25) is 0 Å². The van der Waals surface area contributed by atoms with Gasteiger partial charge < -0.3 is 4.98 Å². The Labute approximate surface area is 178 Å². The second-order valence-electron chi connectivity index (χ2n) is 8.62. The lowest BCUT2D eigenvalue weighted by molar-refractivity contribution is 0.275. The molecule has 2 aromatic carbocycles. The summed E-state index contributed by atoms with van der Waals surface area (Å²) in [6.45, 7) is 2.99. The van der Waals surface area contributed by atoms with Gasteiger partial charge in [-0.1, -0.05) is 24.1 Å². The monoisotopic (exact) mass is 427 g/mol. The summed E-state index contributed by atoms with van der Waals surface area (Å²) in [5.41, 5.74) is 2.77. The summed E-state index contributed by atoms with van der Waals surface area (Å²) in [5.74, 6) is 1.55. The molecular formula is C24H24ClF2N3. The summed E-state index contributed by atoms with van der Waals surface area (Å²) in [5, 5.41) is 2.04. The first-order valence-electron chi connectivity index (χ1n) is 10.7. The van der Waals surface area contributed by atoms with Crippen molar-refractivity contribution in [2.75, 3.05) is 6.54 Å². The number of rotatable bonds is 3. The molecule has 2 heterocycles. The van der Waals surface area contributed by atoms with Gasteiger partial charge in [0.15, 0.2) is 0 Å². The number of halogens is 3. The Bertz CT molecular complexity index is 1190. The van der Waals surface area contributed by atoms with Crippen molar-refractivity contribution in [2.45, 2.75) is 44.9 Å². The summed E-state index contributed by atoms with van der Waals surface area (Å²) in [7, 11) is 0. The van der Waals surface area contributed by atoms with Crippen LogP contribution < -0.4 is 10.6 Å². The second kappa shape index (κ2) is 7.77. The standard InChI is InChI=1S/C24H24ClF2N3/c1-13(24-29-22-11-19(25)20(27)12-23(22)30-24)14-2-4-15(5-3-14)17-8-9-28-21-7-6-16(26)10-18(17)21/h6-7,10-15H,2-5,8-9H2,1H3,(H,29,30)/t13-,14-,15+/m0/s1. The Balaban J connectivity index is 1.35. The van der Waals surface area contributed by atoms with Crippen LogP contribution in [0.3, 0.4) is 0 Å². The van der Waals surface area contributed by atoms with E-state index in [-0.39, 0.29) is 16.8 Å². The van der Waals surface area contributed by atoms with Crippen molar-refractivity contribution < 1.29 is 8.78 Å². The zero-order chi connectivity index (χ0) is 20.8. The van der Waals surface area contributed by atoms with Crippen LogP contribution in [-0.2, 0) is 0 Å². The van der Waals surface area contributed by atoms with Gasteiger partial charge in [-0.2, -0.15) is 0 Å². The molecule has 1 atom stereocenters. The SMILES string of the molecule is C[C@H](c1nc2cc(Cl)c(F)cc2[nH]1)[C@H]1CC[C@@H](C2=c3cc(F)ccc3=NCC2)CC1. The first-order chi connectivity index (χ1) is 14.5. The zero-order valence-electron chi connectivity index (χ0n) is 16.9. The Morgan fingerprint density at radius 1 is 1.10 bits per heavy atom. The molecule has 6 heteroatoms. The van der Waals surface area contributed by atoms with Gasteiger partial charge in [0.05, 0.1) is 21.4 Å². The van der Waals surface area contributed by atoms with Crippen LogP contribution in [-0.4, -0.2) is 16.5 Å². The van der Waals surface area contributed by atoms with E-state index in [0.717, 1.165) is 55.0 Å². The van der Waals surface area contributed by atoms with E-state index in [4.69, 9.17) is 11.6 Å². The normalized spacial score (nSPS) is 22.6. The number of H-pyrrole nitrogens is 1. The van der Waals surface area contributed by atoms with Crippen LogP contribution in [0, 0.1) is 23.5 Å². The predicted molar refractivity (Wildman–Crippen MR) is 115 cm³/mol. The fourth-order valence-electron chi connectivity index (χ4n) is 5.19. The molecule has 1 fully saturated rings. The molecule has 0 unspecified atom stereocenters. The van der Waals surface area contributed by atoms with Gasteiger partial charge in [-0.15, -0.1) is 0 Å². The predicted octanol–water partition coefficient (Wildman–Crippen LogP) is 5.28. The number of hydrogen-bond donors (Lipinski definition) is 1. The first kappa shape index (κ1) is 19.7. The van der Waals surface area contributed by atoms with E-state index in [2.05, 4.69) is 21.9 Å². The minimum absolute atomic E-state index is 0.0988. The van der Waals surface area contributed by atoms with E-state index in [9.17, 15) is 8.78 Å². The Morgan fingerprint density at radius 2 is 1.90 bits per heavy atom. The van der Waals surface area contributed by atoms with Crippen LogP contribution in [0.2, 0.25) is 5.02 Å². The highest BCUT2D eigenvalue weighted by molar-refractivity contribution is 6.31.